The lowest BCUT2D eigenvalue weighted by atomic mass is 9.96. The van der Waals surface area contributed by atoms with Crippen molar-refractivity contribution in [2.24, 2.45) is 0 Å². The first-order chi connectivity index (χ1) is 14.3. The highest BCUT2D eigenvalue weighted by atomic mass is 16.2. The number of carbonyl (C=O) groups excluding carboxylic acids is 1. The molecule has 29 heavy (non-hydrogen) atoms. The molecule has 0 spiro atoms. The predicted octanol–water partition coefficient (Wildman–Crippen LogP) is 2.02. The Morgan fingerprint density at radius 3 is 2.38 bits per heavy atom. The molecular formula is C22H30N6O. The highest BCUT2D eigenvalue weighted by molar-refractivity contribution is 5.74. The van der Waals surface area contributed by atoms with Crippen molar-refractivity contribution >= 4 is 12.0 Å². The van der Waals surface area contributed by atoms with Crippen LogP contribution in [0.15, 0.2) is 48.8 Å². The Morgan fingerprint density at radius 2 is 1.69 bits per heavy atom. The molecule has 4 rings (SSSR count). The van der Waals surface area contributed by atoms with Gasteiger partial charge < -0.3 is 15.5 Å². The van der Waals surface area contributed by atoms with E-state index in [1.165, 1.54) is 5.56 Å². The average Bonchev–Trinajstić information content (AvgIpc) is 3.58. The van der Waals surface area contributed by atoms with Crippen molar-refractivity contribution in [1.29, 1.82) is 0 Å². The Balaban J connectivity index is 1.09. The standard InChI is InChI=1S/C22H30N6O/c29-21(26-18-22(8-9-22)19-6-2-1-3-7-19)25-12-5-13-27-14-16-28(17-15-27)20-23-10-4-11-24-20/h1-4,6-7,10-11H,5,8-9,12-18H2,(H2,25,26,29). The van der Waals surface area contributed by atoms with Gasteiger partial charge in [0.15, 0.2) is 0 Å². The molecule has 1 aromatic heterocycles. The number of nitrogens with zero attached hydrogens (tertiary/aromatic N) is 4. The van der Waals surface area contributed by atoms with Gasteiger partial charge in [0.25, 0.3) is 0 Å². The average molecular weight is 395 g/mol. The second-order valence-corrected chi connectivity index (χ2v) is 7.99. The molecule has 2 aliphatic rings. The molecule has 154 valence electrons. The number of rotatable bonds is 8. The summed E-state index contributed by atoms with van der Waals surface area (Å²) in [6.45, 7) is 6.31. The third kappa shape index (κ3) is 5.23. The fourth-order valence-corrected chi connectivity index (χ4v) is 3.95. The highest BCUT2D eigenvalue weighted by Gasteiger charge is 2.44. The molecule has 1 aliphatic heterocycles. The molecule has 1 saturated heterocycles. The van der Waals surface area contributed by atoms with Gasteiger partial charge in [0.05, 0.1) is 0 Å². The predicted molar refractivity (Wildman–Crippen MR) is 114 cm³/mol. The van der Waals surface area contributed by atoms with Crippen LogP contribution in [0, 0.1) is 0 Å². The lowest BCUT2D eigenvalue weighted by Crippen LogP contribution is -2.47. The van der Waals surface area contributed by atoms with Crippen LogP contribution >= 0.6 is 0 Å². The third-order valence-electron chi connectivity index (χ3n) is 5.97. The first-order valence-electron chi connectivity index (χ1n) is 10.6. The zero-order valence-corrected chi connectivity index (χ0v) is 16.9. The van der Waals surface area contributed by atoms with Gasteiger partial charge in [-0.25, -0.2) is 14.8 Å². The Morgan fingerprint density at radius 1 is 0.966 bits per heavy atom. The topological polar surface area (TPSA) is 73.4 Å². The summed E-state index contributed by atoms with van der Waals surface area (Å²) in [6.07, 6.45) is 6.83. The van der Waals surface area contributed by atoms with Crippen molar-refractivity contribution in [3.8, 4) is 0 Å². The minimum atomic E-state index is -0.0572. The van der Waals surface area contributed by atoms with Crippen LogP contribution < -0.4 is 15.5 Å². The molecule has 2 aromatic rings. The van der Waals surface area contributed by atoms with Gasteiger partial charge in [-0.05, 0) is 37.4 Å². The molecule has 1 saturated carbocycles. The summed E-state index contributed by atoms with van der Waals surface area (Å²) in [4.78, 5) is 25.5. The summed E-state index contributed by atoms with van der Waals surface area (Å²) in [5, 5.41) is 6.06. The van der Waals surface area contributed by atoms with E-state index < -0.39 is 0 Å². The smallest absolute Gasteiger partial charge is 0.314 e. The third-order valence-corrected chi connectivity index (χ3v) is 5.97. The summed E-state index contributed by atoms with van der Waals surface area (Å²) < 4.78 is 0. The monoisotopic (exact) mass is 394 g/mol. The molecule has 0 unspecified atom stereocenters. The second kappa shape index (κ2) is 9.22. The van der Waals surface area contributed by atoms with Crippen LogP contribution in [0.4, 0.5) is 10.7 Å². The largest absolute Gasteiger partial charge is 0.338 e. The van der Waals surface area contributed by atoms with Gasteiger partial charge in [-0.3, -0.25) is 4.90 Å². The van der Waals surface area contributed by atoms with Crippen LogP contribution in [0.25, 0.3) is 0 Å². The molecular weight excluding hydrogens is 364 g/mol. The SMILES string of the molecule is O=C(NCCCN1CCN(c2ncccn2)CC1)NCC1(c2ccccc2)CC1. The van der Waals surface area contributed by atoms with E-state index in [-0.39, 0.29) is 11.4 Å². The zero-order valence-electron chi connectivity index (χ0n) is 16.9. The number of nitrogens with one attached hydrogen (secondary N) is 2. The van der Waals surface area contributed by atoms with Crippen LogP contribution in [-0.2, 0) is 5.41 Å². The molecule has 7 heteroatoms. The Hall–Kier alpha value is -2.67. The minimum absolute atomic E-state index is 0.0572. The van der Waals surface area contributed by atoms with Crippen molar-refractivity contribution in [1.82, 2.24) is 25.5 Å². The maximum atomic E-state index is 12.1. The molecule has 7 nitrogen and oxygen atoms in total. The molecule has 0 bridgehead atoms. The van der Waals surface area contributed by atoms with Gasteiger partial charge in [0, 0.05) is 57.1 Å². The molecule has 1 aromatic carbocycles. The van der Waals surface area contributed by atoms with Crippen molar-refractivity contribution in [3.05, 3.63) is 54.4 Å². The summed E-state index contributed by atoms with van der Waals surface area (Å²) in [7, 11) is 0. The number of urea groups is 1. The van der Waals surface area contributed by atoms with Crippen molar-refractivity contribution in [3.63, 3.8) is 0 Å². The van der Waals surface area contributed by atoms with E-state index in [0.29, 0.717) is 13.1 Å². The van der Waals surface area contributed by atoms with Crippen molar-refractivity contribution < 1.29 is 4.79 Å². The van der Waals surface area contributed by atoms with Gasteiger partial charge in [-0.2, -0.15) is 0 Å². The highest BCUT2D eigenvalue weighted by Crippen LogP contribution is 2.47. The van der Waals surface area contributed by atoms with Crippen LogP contribution in [-0.4, -0.2) is 66.7 Å². The van der Waals surface area contributed by atoms with E-state index in [9.17, 15) is 4.79 Å². The van der Waals surface area contributed by atoms with E-state index in [0.717, 1.165) is 57.9 Å². The van der Waals surface area contributed by atoms with Gasteiger partial charge >= 0.3 is 6.03 Å². The van der Waals surface area contributed by atoms with E-state index in [4.69, 9.17) is 0 Å². The van der Waals surface area contributed by atoms with E-state index in [2.05, 4.69) is 54.7 Å². The lowest BCUT2D eigenvalue weighted by Gasteiger charge is -2.34. The Bertz CT molecular complexity index is 772. The van der Waals surface area contributed by atoms with Gasteiger partial charge in [0.1, 0.15) is 0 Å². The summed E-state index contributed by atoms with van der Waals surface area (Å²) in [5.74, 6) is 0.814. The minimum Gasteiger partial charge on any atom is -0.338 e. The molecule has 2 fully saturated rings. The second-order valence-electron chi connectivity index (χ2n) is 7.99. The number of aromatic nitrogens is 2. The Labute approximate surface area is 172 Å². The quantitative estimate of drug-likeness (QED) is 0.670. The van der Waals surface area contributed by atoms with Crippen LogP contribution in [0.1, 0.15) is 24.8 Å². The molecule has 1 aliphatic carbocycles. The number of piperazine rings is 1. The summed E-state index contributed by atoms with van der Waals surface area (Å²) in [6, 6.07) is 12.3. The molecule has 2 amide bonds. The lowest BCUT2D eigenvalue weighted by molar-refractivity contribution is 0.235. The van der Waals surface area contributed by atoms with Gasteiger partial charge in [-0.15, -0.1) is 0 Å². The van der Waals surface area contributed by atoms with Crippen molar-refractivity contribution in [2.75, 3.05) is 50.7 Å². The number of anilines is 1. The van der Waals surface area contributed by atoms with Gasteiger partial charge in [-0.1, -0.05) is 30.3 Å². The maximum Gasteiger partial charge on any atom is 0.314 e. The maximum absolute atomic E-state index is 12.1. The summed E-state index contributed by atoms with van der Waals surface area (Å²) in [5.41, 5.74) is 1.49. The number of amides is 2. The molecule has 0 radical (unpaired) electrons. The van der Waals surface area contributed by atoms with E-state index in [1.807, 2.05) is 12.1 Å². The fourth-order valence-electron chi connectivity index (χ4n) is 3.95. The number of hydrogen-bond acceptors (Lipinski definition) is 5. The normalized spacial score (nSPS) is 18.3. The van der Waals surface area contributed by atoms with E-state index in [1.54, 1.807) is 12.4 Å². The number of benzene rings is 1. The summed E-state index contributed by atoms with van der Waals surface area (Å²) >= 11 is 0. The van der Waals surface area contributed by atoms with E-state index >= 15 is 0 Å². The molecule has 2 heterocycles. The van der Waals surface area contributed by atoms with Crippen LogP contribution in [0.5, 0.6) is 0 Å². The van der Waals surface area contributed by atoms with Crippen molar-refractivity contribution in [2.45, 2.75) is 24.7 Å². The number of carbonyl (C=O) groups is 1. The molecule has 0 atom stereocenters. The zero-order chi connectivity index (χ0) is 19.9. The van der Waals surface area contributed by atoms with Crippen LogP contribution in [0.2, 0.25) is 0 Å². The molecule has 2 N–H and O–H groups in total. The van der Waals surface area contributed by atoms with Crippen LogP contribution in [0.3, 0.4) is 0 Å². The first-order valence-corrected chi connectivity index (χ1v) is 10.6. The Kier molecular flexibility index (Phi) is 6.24. The number of hydrogen-bond donors (Lipinski definition) is 2. The first kappa shape index (κ1) is 19.6. The van der Waals surface area contributed by atoms with Gasteiger partial charge in [0.2, 0.25) is 5.95 Å². The fraction of sp³-hybridized carbons (Fsp3) is 0.500.